The molecule has 0 radical (unpaired) electrons. The summed E-state index contributed by atoms with van der Waals surface area (Å²) in [4.78, 5) is 22.4. The van der Waals surface area contributed by atoms with Gasteiger partial charge in [0.1, 0.15) is 5.75 Å². The molecule has 0 saturated heterocycles. The fourth-order valence-corrected chi connectivity index (χ4v) is 3.89. The van der Waals surface area contributed by atoms with E-state index in [2.05, 4.69) is 10.0 Å². The second-order valence-electron chi connectivity index (χ2n) is 6.80. The number of nitrogens with zero attached hydrogens (tertiary/aromatic N) is 1. The topological polar surface area (TPSA) is 128 Å². The molecule has 0 fully saturated rings. The summed E-state index contributed by atoms with van der Waals surface area (Å²) in [5.41, 5.74) is -1.21. The van der Waals surface area contributed by atoms with E-state index in [1.54, 1.807) is 0 Å². The highest BCUT2D eigenvalue weighted by Gasteiger charge is 2.30. The number of halogens is 3. The molecule has 0 aliphatic rings. The first-order valence-electron chi connectivity index (χ1n) is 9.34. The Balaban J connectivity index is 1.76. The van der Waals surface area contributed by atoms with E-state index in [1.165, 1.54) is 25.3 Å². The predicted molar refractivity (Wildman–Crippen MR) is 116 cm³/mol. The van der Waals surface area contributed by atoms with E-state index in [9.17, 15) is 36.5 Å². The highest BCUT2D eigenvalue weighted by molar-refractivity contribution is 7.92. The third kappa shape index (κ3) is 5.61. The molecule has 13 heteroatoms. The molecule has 0 spiro atoms. The summed E-state index contributed by atoms with van der Waals surface area (Å²) in [6.45, 7) is 0. The number of non-ortho nitro benzene ring substituents is 1. The second-order valence-corrected chi connectivity index (χ2v) is 8.48. The number of nitro groups is 1. The van der Waals surface area contributed by atoms with Crippen LogP contribution in [0.25, 0.3) is 0 Å². The summed E-state index contributed by atoms with van der Waals surface area (Å²) in [6.07, 6.45) is -4.51. The summed E-state index contributed by atoms with van der Waals surface area (Å²) >= 11 is 0. The van der Waals surface area contributed by atoms with E-state index >= 15 is 0 Å². The lowest BCUT2D eigenvalue weighted by Crippen LogP contribution is -2.15. The van der Waals surface area contributed by atoms with Crippen LogP contribution in [0.3, 0.4) is 0 Å². The van der Waals surface area contributed by atoms with Crippen molar-refractivity contribution in [3.8, 4) is 5.75 Å². The Bertz CT molecular complexity index is 1330. The Morgan fingerprint density at radius 2 is 1.62 bits per heavy atom. The number of sulfonamides is 1. The standard InChI is InChI=1S/C21H16F3N3O6S/c1-33-19-11-8-16(27(29)30)12-18(19)26-34(31,32)17-9-2-13(3-10-17)20(28)25-15-6-4-14(5-7-15)21(22,23)24/h2-12,26H,1H3,(H,25,28). The average molecular weight is 495 g/mol. The van der Waals surface area contributed by atoms with E-state index in [4.69, 9.17) is 4.74 Å². The largest absolute Gasteiger partial charge is 0.495 e. The third-order valence-electron chi connectivity index (χ3n) is 4.54. The van der Waals surface area contributed by atoms with Gasteiger partial charge in [0.25, 0.3) is 21.6 Å². The van der Waals surface area contributed by atoms with E-state index in [-0.39, 0.29) is 33.3 Å². The monoisotopic (exact) mass is 495 g/mol. The van der Waals surface area contributed by atoms with Crippen molar-refractivity contribution in [2.24, 2.45) is 0 Å². The van der Waals surface area contributed by atoms with Gasteiger partial charge in [0, 0.05) is 23.4 Å². The van der Waals surface area contributed by atoms with Crippen molar-refractivity contribution in [2.45, 2.75) is 11.1 Å². The summed E-state index contributed by atoms with van der Waals surface area (Å²) in [5.74, 6) is -0.612. The zero-order chi connectivity index (χ0) is 25.1. The summed E-state index contributed by atoms with van der Waals surface area (Å²) in [7, 11) is -2.93. The summed E-state index contributed by atoms with van der Waals surface area (Å²) in [5, 5.41) is 13.4. The van der Waals surface area contributed by atoms with Gasteiger partial charge < -0.3 is 10.1 Å². The zero-order valence-electron chi connectivity index (χ0n) is 17.3. The van der Waals surface area contributed by atoms with Crippen LogP contribution in [0.4, 0.5) is 30.2 Å². The minimum Gasteiger partial charge on any atom is -0.495 e. The maximum atomic E-state index is 12.7. The van der Waals surface area contributed by atoms with Crippen molar-refractivity contribution in [2.75, 3.05) is 17.1 Å². The van der Waals surface area contributed by atoms with Crippen molar-refractivity contribution < 1.29 is 36.0 Å². The first-order chi connectivity index (χ1) is 15.9. The van der Waals surface area contributed by atoms with Crippen LogP contribution in [-0.4, -0.2) is 26.4 Å². The predicted octanol–water partition coefficient (Wildman–Crippen LogP) is 4.68. The second kappa shape index (κ2) is 9.39. The SMILES string of the molecule is COc1ccc([N+](=O)[O-])cc1NS(=O)(=O)c1ccc(C(=O)Nc2ccc(C(F)(F)F)cc2)cc1. The van der Waals surface area contributed by atoms with E-state index in [0.29, 0.717) is 0 Å². The number of carbonyl (C=O) groups excluding carboxylic acids is 1. The Morgan fingerprint density at radius 3 is 2.15 bits per heavy atom. The molecular formula is C21H16F3N3O6S. The molecule has 0 unspecified atom stereocenters. The molecule has 0 bridgehead atoms. The van der Waals surface area contributed by atoms with Crippen molar-refractivity contribution in [3.63, 3.8) is 0 Å². The number of nitrogens with one attached hydrogen (secondary N) is 2. The van der Waals surface area contributed by atoms with Crippen LogP contribution in [0.15, 0.2) is 71.6 Å². The van der Waals surface area contributed by atoms with Gasteiger partial charge in [-0.15, -0.1) is 0 Å². The molecule has 0 aromatic heterocycles. The third-order valence-corrected chi connectivity index (χ3v) is 5.92. The molecule has 178 valence electrons. The smallest absolute Gasteiger partial charge is 0.416 e. The van der Waals surface area contributed by atoms with Gasteiger partial charge in [0.2, 0.25) is 0 Å². The molecular weight excluding hydrogens is 479 g/mol. The van der Waals surface area contributed by atoms with Gasteiger partial charge in [-0.25, -0.2) is 8.42 Å². The molecule has 3 rings (SSSR count). The van der Waals surface area contributed by atoms with Gasteiger partial charge in [-0.1, -0.05) is 0 Å². The fraction of sp³-hybridized carbons (Fsp3) is 0.0952. The lowest BCUT2D eigenvalue weighted by Gasteiger charge is -2.12. The average Bonchev–Trinajstić information content (AvgIpc) is 2.78. The van der Waals surface area contributed by atoms with Gasteiger partial charge in [0.05, 0.1) is 28.2 Å². The Labute approximate surface area is 191 Å². The van der Waals surface area contributed by atoms with Crippen LogP contribution in [0.1, 0.15) is 15.9 Å². The van der Waals surface area contributed by atoms with E-state index < -0.39 is 32.6 Å². The first kappa shape index (κ1) is 24.5. The fourth-order valence-electron chi connectivity index (χ4n) is 2.82. The lowest BCUT2D eigenvalue weighted by atomic mass is 10.2. The van der Waals surface area contributed by atoms with Gasteiger partial charge in [-0.05, 0) is 54.6 Å². The highest BCUT2D eigenvalue weighted by Crippen LogP contribution is 2.31. The zero-order valence-corrected chi connectivity index (χ0v) is 18.1. The number of benzene rings is 3. The van der Waals surface area contributed by atoms with Crippen LogP contribution in [0, 0.1) is 10.1 Å². The van der Waals surface area contributed by atoms with Crippen LogP contribution in [-0.2, 0) is 16.2 Å². The van der Waals surface area contributed by atoms with Crippen LogP contribution in [0.2, 0.25) is 0 Å². The maximum Gasteiger partial charge on any atom is 0.416 e. The van der Waals surface area contributed by atoms with Crippen molar-refractivity contribution in [1.29, 1.82) is 0 Å². The minimum absolute atomic E-state index is 0.0479. The molecule has 3 aromatic carbocycles. The number of amides is 1. The molecule has 9 nitrogen and oxygen atoms in total. The molecule has 3 aromatic rings. The number of ether oxygens (including phenoxy) is 1. The summed E-state index contributed by atoms with van der Waals surface area (Å²) in [6, 6.07) is 11.9. The van der Waals surface area contributed by atoms with Crippen LogP contribution in [0.5, 0.6) is 5.75 Å². The van der Waals surface area contributed by atoms with Gasteiger partial charge >= 0.3 is 6.18 Å². The minimum atomic E-state index is -4.51. The maximum absolute atomic E-state index is 12.7. The normalized spacial score (nSPS) is 11.5. The molecule has 0 atom stereocenters. The van der Waals surface area contributed by atoms with E-state index in [0.717, 1.165) is 48.5 Å². The molecule has 0 aliphatic heterocycles. The van der Waals surface area contributed by atoms with Gasteiger partial charge in [-0.2, -0.15) is 13.2 Å². The van der Waals surface area contributed by atoms with Crippen molar-refractivity contribution in [1.82, 2.24) is 0 Å². The molecule has 34 heavy (non-hydrogen) atoms. The molecule has 1 amide bonds. The van der Waals surface area contributed by atoms with E-state index in [1.807, 2.05) is 0 Å². The number of methoxy groups -OCH3 is 1. The molecule has 0 heterocycles. The molecule has 2 N–H and O–H groups in total. The number of alkyl halides is 3. The van der Waals surface area contributed by atoms with Gasteiger partial charge in [-0.3, -0.25) is 19.6 Å². The Morgan fingerprint density at radius 1 is 1.00 bits per heavy atom. The number of nitro benzene ring substituents is 1. The molecule has 0 aliphatic carbocycles. The quantitative estimate of drug-likeness (QED) is 0.362. The van der Waals surface area contributed by atoms with Crippen molar-refractivity contribution in [3.05, 3.63) is 88.0 Å². The number of carbonyl (C=O) groups is 1. The number of rotatable bonds is 7. The van der Waals surface area contributed by atoms with Crippen LogP contribution < -0.4 is 14.8 Å². The lowest BCUT2D eigenvalue weighted by molar-refractivity contribution is -0.384. The van der Waals surface area contributed by atoms with Crippen molar-refractivity contribution >= 4 is 33.0 Å². The van der Waals surface area contributed by atoms with Crippen LogP contribution >= 0.6 is 0 Å². The Hall–Kier alpha value is -4.13. The number of hydrogen-bond acceptors (Lipinski definition) is 6. The number of hydrogen-bond donors (Lipinski definition) is 2. The number of anilines is 2. The first-order valence-corrected chi connectivity index (χ1v) is 10.8. The molecule has 0 saturated carbocycles. The summed E-state index contributed by atoms with van der Waals surface area (Å²) < 4.78 is 70.6. The van der Waals surface area contributed by atoms with Gasteiger partial charge in [0.15, 0.2) is 0 Å². The Kier molecular flexibility index (Phi) is 6.77. The highest BCUT2D eigenvalue weighted by atomic mass is 32.2.